The second kappa shape index (κ2) is 8.02. The van der Waals surface area contributed by atoms with E-state index in [1.165, 1.54) is 4.90 Å². The number of ether oxygens (including phenoxy) is 1. The number of hydrogen-bond acceptors (Lipinski definition) is 4. The molecule has 0 unspecified atom stereocenters. The maximum Gasteiger partial charge on any atom is 0.338 e. The molecule has 2 N–H and O–H groups in total. The van der Waals surface area contributed by atoms with E-state index in [9.17, 15) is 14.4 Å². The Balaban J connectivity index is 1.51. The summed E-state index contributed by atoms with van der Waals surface area (Å²) in [5.41, 5.74) is 4.81. The molecule has 7 nitrogen and oxygen atoms in total. The molecule has 2 aliphatic rings. The normalized spacial score (nSPS) is 18.1. The number of rotatable bonds is 5. The number of esters is 1. The van der Waals surface area contributed by atoms with Crippen LogP contribution in [0.2, 0.25) is 0 Å². The average molecular weight is 405 g/mol. The minimum Gasteiger partial charge on any atom is -0.456 e. The summed E-state index contributed by atoms with van der Waals surface area (Å²) in [7, 11) is 0. The molecule has 0 radical (unpaired) electrons. The van der Waals surface area contributed by atoms with Gasteiger partial charge in [0.05, 0.1) is 17.3 Å². The maximum atomic E-state index is 12.8. The van der Waals surface area contributed by atoms with Crippen LogP contribution in [0.3, 0.4) is 0 Å². The van der Waals surface area contributed by atoms with Crippen LogP contribution in [-0.4, -0.2) is 36.0 Å². The first-order valence-corrected chi connectivity index (χ1v) is 9.79. The highest BCUT2D eigenvalue weighted by Gasteiger charge is 2.42. The van der Waals surface area contributed by atoms with Gasteiger partial charge in [0.1, 0.15) is 13.2 Å². The third-order valence-electron chi connectivity index (χ3n) is 5.32. The molecule has 0 saturated heterocycles. The van der Waals surface area contributed by atoms with Gasteiger partial charge in [0.25, 0.3) is 0 Å². The van der Waals surface area contributed by atoms with E-state index in [4.69, 9.17) is 4.74 Å². The van der Waals surface area contributed by atoms with E-state index in [2.05, 4.69) is 10.6 Å². The average Bonchev–Trinajstić information content (AvgIpc) is 3.12. The lowest BCUT2D eigenvalue weighted by atomic mass is 9.95. The van der Waals surface area contributed by atoms with E-state index < -0.39 is 18.0 Å². The van der Waals surface area contributed by atoms with Crippen LogP contribution in [0.5, 0.6) is 0 Å². The van der Waals surface area contributed by atoms with Gasteiger partial charge in [0.15, 0.2) is 0 Å². The first kappa shape index (κ1) is 19.7. The second-order valence-corrected chi connectivity index (χ2v) is 7.58. The summed E-state index contributed by atoms with van der Waals surface area (Å²) in [4.78, 5) is 38.9. The second-order valence-electron chi connectivity index (χ2n) is 7.58. The van der Waals surface area contributed by atoms with Crippen molar-refractivity contribution in [1.29, 1.82) is 0 Å². The lowest BCUT2D eigenvalue weighted by molar-refractivity contribution is -0.136. The maximum absolute atomic E-state index is 12.8. The number of carbonyl (C=O) groups excluding carboxylic acids is 3. The summed E-state index contributed by atoms with van der Waals surface area (Å²) < 4.78 is 5.20. The minimum atomic E-state index is -0.588. The molecule has 0 aliphatic carbocycles. The molecule has 2 heterocycles. The number of nitrogens with one attached hydrogen (secondary N) is 2. The zero-order valence-electron chi connectivity index (χ0n) is 16.9. The zero-order chi connectivity index (χ0) is 21.3. The molecule has 1 atom stereocenters. The van der Waals surface area contributed by atoms with E-state index in [0.717, 1.165) is 22.3 Å². The van der Waals surface area contributed by atoms with Crippen molar-refractivity contribution in [3.05, 3.63) is 82.1 Å². The molecule has 0 spiro atoms. The van der Waals surface area contributed by atoms with Crippen LogP contribution in [0.1, 0.15) is 28.3 Å². The van der Waals surface area contributed by atoms with Crippen molar-refractivity contribution in [1.82, 2.24) is 15.5 Å². The standard InChI is InChI=1S/C23H23N3O4/c1-14-3-7-16(8-4-14)11-24-19(27)12-26-18-13-30-22(28)20(18)21(25-23(26)29)17-9-5-15(2)6-10-17/h3-10,21H,11-13H2,1-2H3,(H,24,27)(H,25,29)/t21-/m1/s1. The van der Waals surface area contributed by atoms with Gasteiger partial charge in [0, 0.05) is 6.54 Å². The molecule has 4 rings (SSSR count). The van der Waals surface area contributed by atoms with E-state index in [-0.39, 0.29) is 19.1 Å². The summed E-state index contributed by atoms with van der Waals surface area (Å²) in [6.07, 6.45) is 0. The number of cyclic esters (lactones) is 1. The molecule has 154 valence electrons. The molecular formula is C23H23N3O4. The van der Waals surface area contributed by atoms with Gasteiger partial charge in [-0.25, -0.2) is 9.59 Å². The first-order chi connectivity index (χ1) is 14.4. The molecular weight excluding hydrogens is 382 g/mol. The van der Waals surface area contributed by atoms with Crippen LogP contribution in [0.15, 0.2) is 59.8 Å². The van der Waals surface area contributed by atoms with Crippen LogP contribution in [0, 0.1) is 13.8 Å². The monoisotopic (exact) mass is 405 g/mol. The van der Waals surface area contributed by atoms with Gasteiger partial charge in [0.2, 0.25) is 5.91 Å². The topological polar surface area (TPSA) is 87.7 Å². The number of urea groups is 1. The quantitative estimate of drug-likeness (QED) is 0.749. The van der Waals surface area contributed by atoms with E-state index in [1.54, 1.807) is 0 Å². The number of carbonyl (C=O) groups is 3. The molecule has 7 heteroatoms. The van der Waals surface area contributed by atoms with Crippen LogP contribution in [0.25, 0.3) is 0 Å². The zero-order valence-corrected chi connectivity index (χ0v) is 16.9. The van der Waals surface area contributed by atoms with Crippen molar-refractivity contribution in [2.45, 2.75) is 26.4 Å². The molecule has 30 heavy (non-hydrogen) atoms. The van der Waals surface area contributed by atoms with Gasteiger partial charge in [-0.1, -0.05) is 59.7 Å². The molecule has 0 fully saturated rings. The highest BCUT2D eigenvalue weighted by atomic mass is 16.5. The van der Waals surface area contributed by atoms with Crippen molar-refractivity contribution in [2.24, 2.45) is 0 Å². The fraction of sp³-hybridized carbons (Fsp3) is 0.261. The molecule has 3 amide bonds. The lowest BCUT2D eigenvalue weighted by Crippen LogP contribution is -2.50. The van der Waals surface area contributed by atoms with Gasteiger partial charge in [-0.2, -0.15) is 0 Å². The summed E-state index contributed by atoms with van der Waals surface area (Å²) in [5, 5.41) is 5.66. The Morgan fingerprint density at radius 1 is 1.07 bits per heavy atom. The van der Waals surface area contributed by atoms with E-state index in [1.807, 2.05) is 62.4 Å². The third kappa shape index (κ3) is 3.91. The lowest BCUT2D eigenvalue weighted by Gasteiger charge is -2.32. The number of benzene rings is 2. The van der Waals surface area contributed by atoms with Gasteiger partial charge in [-0.05, 0) is 25.0 Å². The van der Waals surface area contributed by atoms with Gasteiger partial charge < -0.3 is 15.4 Å². The van der Waals surface area contributed by atoms with Crippen molar-refractivity contribution >= 4 is 17.9 Å². The SMILES string of the molecule is Cc1ccc(CNC(=O)CN2C(=O)N[C@H](c3ccc(C)cc3)C3=C2COC3=O)cc1. The minimum absolute atomic E-state index is 0.0187. The van der Waals surface area contributed by atoms with Crippen LogP contribution < -0.4 is 10.6 Å². The number of nitrogens with zero attached hydrogens (tertiary/aromatic N) is 1. The molecule has 0 aromatic heterocycles. The number of amides is 3. The molecule has 2 aromatic rings. The smallest absolute Gasteiger partial charge is 0.338 e. The Morgan fingerprint density at radius 2 is 1.70 bits per heavy atom. The van der Waals surface area contributed by atoms with Crippen LogP contribution >= 0.6 is 0 Å². The fourth-order valence-corrected chi connectivity index (χ4v) is 3.59. The van der Waals surface area contributed by atoms with Gasteiger partial charge >= 0.3 is 12.0 Å². The molecule has 0 bridgehead atoms. The number of aryl methyl sites for hydroxylation is 2. The highest BCUT2D eigenvalue weighted by Crippen LogP contribution is 2.34. The molecule has 2 aliphatic heterocycles. The van der Waals surface area contributed by atoms with Crippen molar-refractivity contribution in [2.75, 3.05) is 13.2 Å². The van der Waals surface area contributed by atoms with E-state index in [0.29, 0.717) is 17.8 Å². The Bertz CT molecular complexity index is 1030. The van der Waals surface area contributed by atoms with Gasteiger partial charge in [-0.3, -0.25) is 9.69 Å². The van der Waals surface area contributed by atoms with Crippen LogP contribution in [0.4, 0.5) is 4.79 Å². The Morgan fingerprint density at radius 3 is 2.37 bits per heavy atom. The van der Waals surface area contributed by atoms with Crippen LogP contribution in [-0.2, 0) is 20.9 Å². The van der Waals surface area contributed by atoms with Crippen molar-refractivity contribution in [3.8, 4) is 0 Å². The van der Waals surface area contributed by atoms with E-state index >= 15 is 0 Å². The van der Waals surface area contributed by atoms with Gasteiger partial charge in [-0.15, -0.1) is 0 Å². The fourth-order valence-electron chi connectivity index (χ4n) is 3.59. The molecule has 0 saturated carbocycles. The summed E-state index contributed by atoms with van der Waals surface area (Å²) in [6.45, 7) is 4.12. The Labute approximate surface area is 174 Å². The highest BCUT2D eigenvalue weighted by molar-refractivity contribution is 5.98. The van der Waals surface area contributed by atoms with Crippen molar-refractivity contribution in [3.63, 3.8) is 0 Å². The predicted molar refractivity (Wildman–Crippen MR) is 110 cm³/mol. The summed E-state index contributed by atoms with van der Waals surface area (Å²) in [5.74, 6) is -0.786. The number of hydrogen-bond donors (Lipinski definition) is 2. The predicted octanol–water partition coefficient (Wildman–Crippen LogP) is 2.50. The Kier molecular flexibility index (Phi) is 5.27. The summed E-state index contributed by atoms with van der Waals surface area (Å²) >= 11 is 0. The Hall–Kier alpha value is -3.61. The summed E-state index contributed by atoms with van der Waals surface area (Å²) in [6, 6.07) is 14.4. The molecule has 2 aromatic carbocycles. The van der Waals surface area contributed by atoms with Crippen molar-refractivity contribution < 1.29 is 19.1 Å². The first-order valence-electron chi connectivity index (χ1n) is 9.79. The third-order valence-corrected chi connectivity index (χ3v) is 5.32. The largest absolute Gasteiger partial charge is 0.456 e.